The van der Waals surface area contributed by atoms with Crippen LogP contribution in [0.1, 0.15) is 52.9 Å². The molecule has 58 heavy (non-hydrogen) atoms. The van der Waals surface area contributed by atoms with Crippen LogP contribution in [-0.2, 0) is 5.16 Å². The summed E-state index contributed by atoms with van der Waals surface area (Å²) in [6.07, 6.45) is 19.6. The normalized spacial score (nSPS) is 17.5. The van der Waals surface area contributed by atoms with Gasteiger partial charge in [0.15, 0.2) is 17.5 Å². The van der Waals surface area contributed by atoms with Crippen LogP contribution in [0.5, 0.6) is 0 Å². The molecular formula is C53H39N4P. The minimum atomic E-state index is -1.71. The molecule has 4 heterocycles. The van der Waals surface area contributed by atoms with Gasteiger partial charge in [0, 0.05) is 27.8 Å². The standard InChI is InChI=1S/C53H39N4P/c1-5-20-40-41-28-15-16-29-45(41)53(44(40)7-3)46-30-17-18-31-48(46)57-47(8-4)42(21-6-2)43-33-39(34-58(53)52(43)57)37-26-19-27-38(32-37)51-55-49(35-22-11-9-12-23-35)54-50(56-51)36-24-13-10-14-25-36/h4-7,9-34,58H,3H2,1-2H3/b20-5-,21-6-. The molecule has 2 atom stereocenters. The number of hydrogen-bond acceptors (Lipinski definition) is 3. The number of aromatic nitrogens is 4. The van der Waals surface area contributed by atoms with Crippen LogP contribution in [0.4, 0.5) is 0 Å². The van der Waals surface area contributed by atoms with Crippen molar-refractivity contribution in [2.24, 2.45) is 0 Å². The van der Waals surface area contributed by atoms with Gasteiger partial charge >= 0.3 is 0 Å². The summed E-state index contributed by atoms with van der Waals surface area (Å²) in [7, 11) is -1.71. The Labute approximate surface area is 340 Å². The zero-order chi connectivity index (χ0) is 39.4. The molecule has 1 aliphatic carbocycles. The van der Waals surface area contributed by atoms with E-state index in [1.165, 1.54) is 38.8 Å². The fourth-order valence-corrected chi connectivity index (χ4v) is 13.0. The van der Waals surface area contributed by atoms with Crippen molar-refractivity contribution in [3.8, 4) is 52.2 Å². The molecule has 0 N–H and O–H groups in total. The smallest absolute Gasteiger partial charge is 0.164 e. The summed E-state index contributed by atoms with van der Waals surface area (Å²) in [6, 6.07) is 46.6. The highest BCUT2D eigenvalue weighted by molar-refractivity contribution is 7.68. The van der Waals surface area contributed by atoms with Crippen molar-refractivity contribution in [3.63, 3.8) is 0 Å². The first-order chi connectivity index (χ1) is 28.6. The molecule has 2 unspecified atom stereocenters. The van der Waals surface area contributed by atoms with Crippen molar-refractivity contribution < 1.29 is 0 Å². The van der Waals surface area contributed by atoms with Gasteiger partial charge in [-0.2, -0.15) is 0 Å². The van der Waals surface area contributed by atoms with Crippen molar-refractivity contribution in [2.45, 2.75) is 19.0 Å². The molecule has 2 aromatic heterocycles. The van der Waals surface area contributed by atoms with E-state index in [2.05, 4.69) is 146 Å². The fourth-order valence-electron chi connectivity index (χ4n) is 9.24. The molecule has 3 aliphatic rings. The lowest BCUT2D eigenvalue weighted by Crippen LogP contribution is -2.37. The second-order valence-electron chi connectivity index (χ2n) is 14.6. The molecule has 0 saturated carbocycles. The zero-order valence-electron chi connectivity index (χ0n) is 32.3. The van der Waals surface area contributed by atoms with Crippen LogP contribution < -0.4 is 5.44 Å². The molecule has 0 amide bonds. The Kier molecular flexibility index (Phi) is 8.63. The molecule has 5 aromatic carbocycles. The Hall–Kier alpha value is -7.05. The monoisotopic (exact) mass is 762 g/mol. The number of rotatable bonds is 7. The molecule has 1 spiro atoms. The average Bonchev–Trinajstić information content (AvgIpc) is 3.75. The lowest BCUT2D eigenvalue weighted by atomic mass is 9.85. The first-order valence-corrected chi connectivity index (χ1v) is 21.2. The first kappa shape index (κ1) is 35.4. The molecule has 0 fully saturated rings. The number of allylic oxidation sites excluding steroid dienone is 7. The molecule has 10 rings (SSSR count). The number of benzene rings is 5. The van der Waals surface area contributed by atoms with E-state index in [0.29, 0.717) is 17.5 Å². The maximum atomic E-state index is 6.49. The van der Waals surface area contributed by atoms with E-state index in [0.717, 1.165) is 44.8 Å². The molecule has 4 nitrogen and oxygen atoms in total. The average molecular weight is 763 g/mol. The highest BCUT2D eigenvalue weighted by Gasteiger charge is 2.53. The van der Waals surface area contributed by atoms with Gasteiger partial charge in [-0.1, -0.05) is 178 Å². The van der Waals surface area contributed by atoms with Gasteiger partial charge in [0.2, 0.25) is 0 Å². The molecule has 2 aliphatic heterocycles. The third-order valence-corrected chi connectivity index (χ3v) is 14.8. The summed E-state index contributed by atoms with van der Waals surface area (Å²) in [6.45, 7) is 8.67. The Bertz CT molecular complexity index is 2980. The quantitative estimate of drug-likeness (QED) is 0.120. The maximum Gasteiger partial charge on any atom is 0.164 e. The Morgan fingerprint density at radius 3 is 1.91 bits per heavy atom. The molecular weight excluding hydrogens is 724 g/mol. The van der Waals surface area contributed by atoms with Gasteiger partial charge < -0.3 is 4.57 Å². The van der Waals surface area contributed by atoms with Gasteiger partial charge in [-0.25, -0.2) is 15.0 Å². The topological polar surface area (TPSA) is 43.6 Å². The molecule has 0 radical (unpaired) electrons. The van der Waals surface area contributed by atoms with Crippen LogP contribution in [0.25, 0.3) is 63.1 Å². The van der Waals surface area contributed by atoms with Crippen molar-refractivity contribution in [1.82, 2.24) is 19.5 Å². The Morgan fingerprint density at radius 2 is 1.26 bits per heavy atom. The third kappa shape index (κ3) is 5.21. The van der Waals surface area contributed by atoms with Crippen LogP contribution in [0.15, 0.2) is 170 Å². The van der Waals surface area contributed by atoms with Gasteiger partial charge in [-0.05, 0) is 71.0 Å². The van der Waals surface area contributed by atoms with Gasteiger partial charge in [0.05, 0.1) is 16.3 Å². The first-order valence-electron chi connectivity index (χ1n) is 19.6. The number of hydrogen-bond donors (Lipinski definition) is 0. The lowest BCUT2D eigenvalue weighted by Gasteiger charge is -2.44. The highest BCUT2D eigenvalue weighted by Crippen LogP contribution is 2.68. The SMILES string of the molecule is C#Cc1c(/C=C\C)c2c3n1-c1ccccc1C1(C(C=C)=C(/C=C\C)c4ccccc41)[PH]3=CC(c1cccc(-c3nc(-c4ccccc4)nc(-c4ccccc4)n3)c1)=C2. The van der Waals surface area contributed by atoms with Gasteiger partial charge in [0.1, 0.15) is 5.69 Å². The zero-order valence-corrected chi connectivity index (χ0v) is 33.3. The third-order valence-electron chi connectivity index (χ3n) is 11.5. The van der Waals surface area contributed by atoms with Crippen molar-refractivity contribution >= 4 is 42.1 Å². The van der Waals surface area contributed by atoms with Crippen molar-refractivity contribution in [1.29, 1.82) is 0 Å². The summed E-state index contributed by atoms with van der Waals surface area (Å²) >= 11 is 0. The summed E-state index contributed by atoms with van der Waals surface area (Å²) in [5.74, 6) is 7.60. The molecule has 0 saturated heterocycles. The molecule has 0 bridgehead atoms. The van der Waals surface area contributed by atoms with Gasteiger partial charge in [0.25, 0.3) is 0 Å². The Morgan fingerprint density at radius 1 is 0.672 bits per heavy atom. The van der Waals surface area contributed by atoms with Crippen LogP contribution >= 0.6 is 7.55 Å². The minimum Gasteiger partial charge on any atom is -0.302 e. The lowest BCUT2D eigenvalue weighted by molar-refractivity contribution is 0.868. The predicted molar refractivity (Wildman–Crippen MR) is 246 cm³/mol. The predicted octanol–water partition coefficient (Wildman–Crippen LogP) is 11.7. The second-order valence-corrected chi connectivity index (χ2v) is 17.0. The van der Waals surface area contributed by atoms with Crippen LogP contribution in [0, 0.1) is 12.3 Å². The van der Waals surface area contributed by atoms with E-state index >= 15 is 0 Å². The highest BCUT2D eigenvalue weighted by atomic mass is 31.1. The molecule has 7 aromatic rings. The number of nitrogens with zero attached hydrogens (tertiary/aromatic N) is 4. The summed E-state index contributed by atoms with van der Waals surface area (Å²) < 4.78 is 2.39. The minimum absolute atomic E-state index is 0.475. The second kappa shape index (κ2) is 14.2. The number of para-hydroxylation sites is 1. The van der Waals surface area contributed by atoms with Crippen LogP contribution in [-0.4, -0.2) is 25.3 Å². The number of terminal acetylenes is 1. The van der Waals surface area contributed by atoms with E-state index in [9.17, 15) is 0 Å². The van der Waals surface area contributed by atoms with E-state index in [4.69, 9.17) is 21.4 Å². The summed E-state index contributed by atoms with van der Waals surface area (Å²) in [4.78, 5) is 15.1. The van der Waals surface area contributed by atoms with Crippen LogP contribution in [0.2, 0.25) is 0 Å². The largest absolute Gasteiger partial charge is 0.302 e. The summed E-state index contributed by atoms with van der Waals surface area (Å²) in [5.41, 5.74) is 16.8. The molecule has 276 valence electrons. The number of fused-ring (bicyclic) bond motifs is 6. The van der Waals surface area contributed by atoms with Crippen molar-refractivity contribution in [2.75, 3.05) is 0 Å². The van der Waals surface area contributed by atoms with Gasteiger partial charge in [-0.3, -0.25) is 0 Å². The molecule has 5 heteroatoms. The van der Waals surface area contributed by atoms with Crippen molar-refractivity contribution in [3.05, 3.63) is 209 Å². The fraction of sp³-hybridized carbons (Fsp3) is 0.0566. The van der Waals surface area contributed by atoms with E-state index in [-0.39, 0.29) is 0 Å². The van der Waals surface area contributed by atoms with Gasteiger partial charge in [-0.15, -0.1) is 6.42 Å². The summed E-state index contributed by atoms with van der Waals surface area (Å²) in [5, 5.41) is -0.475. The van der Waals surface area contributed by atoms with Crippen LogP contribution in [0.3, 0.4) is 0 Å². The van der Waals surface area contributed by atoms with E-state index in [1.54, 1.807) is 0 Å². The maximum absolute atomic E-state index is 6.49. The van der Waals surface area contributed by atoms with E-state index in [1.807, 2.05) is 60.7 Å². The Balaban J connectivity index is 1.25. The van der Waals surface area contributed by atoms with E-state index < -0.39 is 12.7 Å².